The number of fused-ring (bicyclic) bond motifs is 1. The number of halogens is 3. The Morgan fingerprint density at radius 2 is 1.97 bits per heavy atom. The van der Waals surface area contributed by atoms with Crippen LogP contribution in [0.5, 0.6) is 0 Å². The Bertz CT molecular complexity index is 1140. The number of aliphatic hydroxyl groups is 1. The van der Waals surface area contributed by atoms with Gasteiger partial charge in [-0.05, 0) is 42.9 Å². The van der Waals surface area contributed by atoms with Gasteiger partial charge in [0.15, 0.2) is 5.82 Å². The Kier molecular flexibility index (Phi) is 4.81. The molecule has 2 aliphatic carbocycles. The van der Waals surface area contributed by atoms with Crippen LogP contribution < -0.4 is 0 Å². The maximum absolute atomic E-state index is 13.7. The van der Waals surface area contributed by atoms with Gasteiger partial charge < -0.3 is 19.5 Å². The second-order valence-electron chi connectivity index (χ2n) is 8.74. The molecule has 1 aromatic heterocycles. The molecule has 2 amide bonds. The fraction of sp³-hybridized carbons (Fsp3) is 0.500. The summed E-state index contributed by atoms with van der Waals surface area (Å²) in [6, 6.07) is 2.49. The summed E-state index contributed by atoms with van der Waals surface area (Å²) in [5.74, 6) is -0.894. The number of benzene rings is 1. The standard InChI is InChI=1S/C22H23F3N4O3/c1-27-16-10-13(12-5-6-12)9-14(22(23,24)25)19(16)26-20(27)21(32)28-7-8-29(18(31)11-28)15-3-2-4-17(15)30/h2,4,9-10,12,15,17,30H,3,5-8,11H2,1H3. The van der Waals surface area contributed by atoms with Crippen LogP contribution >= 0.6 is 0 Å². The van der Waals surface area contributed by atoms with Crippen molar-refractivity contribution in [3.05, 3.63) is 41.2 Å². The SMILES string of the molecule is Cn1c(C(=O)N2CCN(C3CC=CC3O)C(=O)C2)nc2c(C(F)(F)F)cc(C3CC3)cc21. The molecule has 32 heavy (non-hydrogen) atoms. The summed E-state index contributed by atoms with van der Waals surface area (Å²) in [5.41, 5.74) is -0.220. The van der Waals surface area contributed by atoms with Gasteiger partial charge in [0.05, 0.1) is 23.2 Å². The van der Waals surface area contributed by atoms with Crippen molar-refractivity contribution in [2.45, 2.75) is 43.5 Å². The average molecular weight is 448 g/mol. The number of aryl methyl sites for hydroxylation is 1. The van der Waals surface area contributed by atoms with Gasteiger partial charge in [-0.3, -0.25) is 9.59 Å². The first-order valence-corrected chi connectivity index (χ1v) is 10.7. The van der Waals surface area contributed by atoms with E-state index in [0.29, 0.717) is 12.0 Å². The van der Waals surface area contributed by atoms with Crippen molar-refractivity contribution < 1.29 is 27.9 Å². The molecule has 1 saturated carbocycles. The van der Waals surface area contributed by atoms with Crippen LogP contribution in [0, 0.1) is 0 Å². The smallest absolute Gasteiger partial charge is 0.387 e. The lowest BCUT2D eigenvalue weighted by Crippen LogP contribution is -2.57. The highest BCUT2D eigenvalue weighted by Crippen LogP contribution is 2.44. The monoisotopic (exact) mass is 448 g/mol. The lowest BCUT2D eigenvalue weighted by Gasteiger charge is -2.38. The summed E-state index contributed by atoms with van der Waals surface area (Å²) in [4.78, 5) is 32.8. The van der Waals surface area contributed by atoms with Gasteiger partial charge in [0, 0.05) is 20.1 Å². The second-order valence-corrected chi connectivity index (χ2v) is 8.74. The summed E-state index contributed by atoms with van der Waals surface area (Å²) < 4.78 is 42.6. The van der Waals surface area contributed by atoms with Crippen LogP contribution in [0.2, 0.25) is 0 Å². The molecule has 2 unspecified atom stereocenters. The Balaban J connectivity index is 1.44. The first-order valence-electron chi connectivity index (χ1n) is 10.7. The minimum atomic E-state index is -4.59. The number of hydrogen-bond acceptors (Lipinski definition) is 4. The molecule has 0 spiro atoms. The van der Waals surface area contributed by atoms with E-state index in [4.69, 9.17) is 0 Å². The Hall–Kier alpha value is -2.88. The number of rotatable bonds is 3. The average Bonchev–Trinajstić information content (AvgIpc) is 3.43. The summed E-state index contributed by atoms with van der Waals surface area (Å²) in [6.45, 7) is 0.263. The van der Waals surface area contributed by atoms with E-state index < -0.39 is 23.8 Å². The first-order chi connectivity index (χ1) is 15.1. The van der Waals surface area contributed by atoms with Crippen LogP contribution in [0.3, 0.4) is 0 Å². The minimum absolute atomic E-state index is 0.112. The molecule has 7 nitrogen and oxygen atoms in total. The number of carbonyl (C=O) groups excluding carboxylic acids is 2. The summed E-state index contributed by atoms with van der Waals surface area (Å²) >= 11 is 0. The van der Waals surface area contributed by atoms with Crippen molar-refractivity contribution in [2.24, 2.45) is 7.05 Å². The van der Waals surface area contributed by atoms with Crippen LogP contribution in [0.4, 0.5) is 13.2 Å². The quantitative estimate of drug-likeness (QED) is 0.732. The van der Waals surface area contributed by atoms with E-state index in [9.17, 15) is 27.9 Å². The molecular weight excluding hydrogens is 425 g/mol. The van der Waals surface area contributed by atoms with Gasteiger partial charge in [0.2, 0.25) is 5.91 Å². The van der Waals surface area contributed by atoms with Crippen molar-refractivity contribution in [1.29, 1.82) is 0 Å². The van der Waals surface area contributed by atoms with E-state index in [-0.39, 0.29) is 54.4 Å². The zero-order valence-corrected chi connectivity index (χ0v) is 17.5. The van der Waals surface area contributed by atoms with Crippen LogP contribution in [-0.2, 0) is 18.0 Å². The van der Waals surface area contributed by atoms with Crippen molar-refractivity contribution in [3.8, 4) is 0 Å². The highest BCUT2D eigenvalue weighted by molar-refractivity contribution is 5.98. The number of aromatic nitrogens is 2. The molecule has 0 bridgehead atoms. The predicted octanol–water partition coefficient (Wildman–Crippen LogP) is 2.44. The van der Waals surface area contributed by atoms with E-state index >= 15 is 0 Å². The third kappa shape index (κ3) is 3.46. The lowest BCUT2D eigenvalue weighted by molar-refractivity contribution is -0.139. The molecule has 1 aliphatic heterocycles. The molecule has 2 heterocycles. The number of nitrogens with zero attached hydrogens (tertiary/aromatic N) is 4. The Labute approximate surface area is 182 Å². The summed E-state index contributed by atoms with van der Waals surface area (Å²) in [5, 5.41) is 10.0. The molecule has 0 radical (unpaired) electrons. The first kappa shape index (κ1) is 21.0. The van der Waals surface area contributed by atoms with E-state index in [1.165, 1.54) is 16.5 Å². The molecule has 10 heteroatoms. The van der Waals surface area contributed by atoms with Crippen LogP contribution in [0.1, 0.15) is 46.9 Å². The third-order valence-corrected chi connectivity index (χ3v) is 6.60. The second kappa shape index (κ2) is 7.33. The van der Waals surface area contributed by atoms with Gasteiger partial charge in [-0.15, -0.1) is 0 Å². The van der Waals surface area contributed by atoms with Crippen molar-refractivity contribution in [2.75, 3.05) is 19.6 Å². The number of piperazine rings is 1. The highest BCUT2D eigenvalue weighted by Gasteiger charge is 2.39. The van der Waals surface area contributed by atoms with Crippen LogP contribution in [0.25, 0.3) is 11.0 Å². The normalized spacial score (nSPS) is 24.1. The Morgan fingerprint density at radius 3 is 2.56 bits per heavy atom. The van der Waals surface area contributed by atoms with Gasteiger partial charge in [-0.25, -0.2) is 4.98 Å². The van der Waals surface area contributed by atoms with E-state index in [2.05, 4.69) is 4.98 Å². The zero-order chi connectivity index (χ0) is 22.8. The topological polar surface area (TPSA) is 78.7 Å². The number of imidazole rings is 1. The van der Waals surface area contributed by atoms with E-state index in [1.54, 1.807) is 17.0 Å². The Morgan fingerprint density at radius 1 is 1.22 bits per heavy atom. The molecule has 2 aromatic rings. The van der Waals surface area contributed by atoms with Crippen molar-refractivity contribution in [3.63, 3.8) is 0 Å². The predicted molar refractivity (Wildman–Crippen MR) is 109 cm³/mol. The molecular formula is C22H23F3N4O3. The largest absolute Gasteiger partial charge is 0.418 e. The minimum Gasteiger partial charge on any atom is -0.387 e. The lowest BCUT2D eigenvalue weighted by atomic mass is 10.0. The molecule has 3 aliphatic rings. The molecule has 5 rings (SSSR count). The maximum Gasteiger partial charge on any atom is 0.418 e. The van der Waals surface area contributed by atoms with Gasteiger partial charge in [0.25, 0.3) is 5.91 Å². The van der Waals surface area contributed by atoms with E-state index in [0.717, 1.165) is 18.9 Å². The maximum atomic E-state index is 13.7. The molecule has 1 N–H and O–H groups in total. The number of hydrogen-bond donors (Lipinski definition) is 1. The summed E-state index contributed by atoms with van der Waals surface area (Å²) in [7, 11) is 1.53. The van der Waals surface area contributed by atoms with Crippen molar-refractivity contribution in [1.82, 2.24) is 19.4 Å². The number of aliphatic hydroxyl groups excluding tert-OH is 1. The number of alkyl halides is 3. The molecule has 1 saturated heterocycles. The van der Waals surface area contributed by atoms with Gasteiger partial charge in [-0.1, -0.05) is 12.2 Å². The van der Waals surface area contributed by atoms with Crippen LogP contribution in [0.15, 0.2) is 24.3 Å². The zero-order valence-electron chi connectivity index (χ0n) is 17.5. The van der Waals surface area contributed by atoms with E-state index in [1.807, 2.05) is 6.08 Å². The fourth-order valence-corrected chi connectivity index (χ4v) is 4.66. The third-order valence-electron chi connectivity index (χ3n) is 6.60. The van der Waals surface area contributed by atoms with Gasteiger partial charge in [-0.2, -0.15) is 13.2 Å². The molecule has 2 fully saturated rings. The fourth-order valence-electron chi connectivity index (χ4n) is 4.66. The molecule has 1 aromatic carbocycles. The van der Waals surface area contributed by atoms with Gasteiger partial charge in [0.1, 0.15) is 12.1 Å². The van der Waals surface area contributed by atoms with Gasteiger partial charge >= 0.3 is 6.18 Å². The highest BCUT2D eigenvalue weighted by atomic mass is 19.4. The molecule has 170 valence electrons. The van der Waals surface area contributed by atoms with Crippen LogP contribution in [-0.4, -0.2) is 68.1 Å². The van der Waals surface area contributed by atoms with Crippen molar-refractivity contribution >= 4 is 22.8 Å². The molecule has 2 atom stereocenters. The summed E-state index contributed by atoms with van der Waals surface area (Å²) in [6.07, 6.45) is 0.387. The number of carbonyl (C=O) groups is 2. The number of amides is 2.